The molecule has 208 valence electrons. The van der Waals surface area contributed by atoms with Crippen molar-refractivity contribution in [3.8, 4) is 0 Å². The number of halogens is 2. The van der Waals surface area contributed by atoms with Crippen LogP contribution in [0, 0.1) is 6.92 Å². The minimum atomic E-state index is -4.15. The summed E-state index contributed by atoms with van der Waals surface area (Å²) in [6.07, 6.45) is 1.09. The molecular weight excluding hydrogens is 557 g/mol. The highest BCUT2D eigenvalue weighted by molar-refractivity contribution is 7.92. The lowest BCUT2D eigenvalue weighted by Gasteiger charge is -2.33. The van der Waals surface area contributed by atoms with Gasteiger partial charge < -0.3 is 10.2 Å². The van der Waals surface area contributed by atoms with E-state index in [0.29, 0.717) is 28.7 Å². The lowest BCUT2D eigenvalue weighted by molar-refractivity contribution is -0.140. The molecule has 0 aromatic heterocycles. The molecule has 0 saturated heterocycles. The molecule has 1 atom stereocenters. The van der Waals surface area contributed by atoms with E-state index in [-0.39, 0.29) is 17.3 Å². The Morgan fingerprint density at radius 1 is 0.923 bits per heavy atom. The number of rotatable bonds is 12. The van der Waals surface area contributed by atoms with Crippen molar-refractivity contribution in [2.45, 2.75) is 51.1 Å². The standard InChI is InChI=1S/C29H33Cl2N3O4S/c1-4-17-32-29(36)27(5-2)33(19-22-9-11-23(30)12-10-22)28(35)20-34(25-8-6-7-21(3)18-25)39(37,38)26-15-13-24(31)14-16-26/h6-16,18,27H,4-5,17,19-20H2,1-3H3,(H,32,36)/t27-/m0/s1. The van der Waals surface area contributed by atoms with E-state index in [1.807, 2.05) is 26.8 Å². The quantitative estimate of drug-likeness (QED) is 0.288. The van der Waals surface area contributed by atoms with Crippen LogP contribution in [0.3, 0.4) is 0 Å². The molecule has 10 heteroatoms. The molecule has 0 bridgehead atoms. The van der Waals surface area contributed by atoms with E-state index in [4.69, 9.17) is 23.2 Å². The summed E-state index contributed by atoms with van der Waals surface area (Å²) in [4.78, 5) is 28.5. The van der Waals surface area contributed by atoms with E-state index in [1.54, 1.807) is 42.5 Å². The summed E-state index contributed by atoms with van der Waals surface area (Å²) in [5.41, 5.74) is 1.94. The fraction of sp³-hybridized carbons (Fsp3) is 0.310. The first-order valence-corrected chi connectivity index (χ1v) is 14.9. The number of carbonyl (C=O) groups excluding carboxylic acids is 2. The normalized spacial score (nSPS) is 12.0. The Balaban J connectivity index is 2.04. The Morgan fingerprint density at radius 3 is 2.10 bits per heavy atom. The highest BCUT2D eigenvalue weighted by Crippen LogP contribution is 2.26. The van der Waals surface area contributed by atoms with Gasteiger partial charge in [-0.05, 0) is 79.4 Å². The van der Waals surface area contributed by atoms with Gasteiger partial charge in [-0.1, -0.05) is 61.3 Å². The Hall–Kier alpha value is -3.07. The lowest BCUT2D eigenvalue weighted by atomic mass is 10.1. The van der Waals surface area contributed by atoms with Crippen LogP contribution in [0.2, 0.25) is 10.0 Å². The third kappa shape index (κ3) is 7.97. The molecule has 0 aliphatic carbocycles. The zero-order valence-corrected chi connectivity index (χ0v) is 24.6. The van der Waals surface area contributed by atoms with Crippen molar-refractivity contribution in [3.63, 3.8) is 0 Å². The van der Waals surface area contributed by atoms with Crippen molar-refractivity contribution in [2.24, 2.45) is 0 Å². The summed E-state index contributed by atoms with van der Waals surface area (Å²) in [5.74, 6) is -0.799. The molecule has 0 heterocycles. The van der Waals surface area contributed by atoms with E-state index in [9.17, 15) is 18.0 Å². The maximum atomic E-state index is 14.0. The second-order valence-corrected chi connectivity index (χ2v) is 11.9. The molecule has 0 radical (unpaired) electrons. The first kappa shape index (κ1) is 30.5. The number of nitrogens with zero attached hydrogens (tertiary/aromatic N) is 2. The molecule has 2 amide bonds. The van der Waals surface area contributed by atoms with Crippen LogP contribution in [0.25, 0.3) is 0 Å². The molecule has 0 saturated carbocycles. The zero-order chi connectivity index (χ0) is 28.6. The summed E-state index contributed by atoms with van der Waals surface area (Å²) in [7, 11) is -4.15. The molecule has 0 aliphatic rings. The number of aryl methyl sites for hydroxylation is 1. The lowest BCUT2D eigenvalue weighted by Crippen LogP contribution is -2.52. The molecule has 7 nitrogen and oxygen atoms in total. The van der Waals surface area contributed by atoms with E-state index in [0.717, 1.165) is 21.9 Å². The number of hydrogen-bond acceptors (Lipinski definition) is 4. The number of anilines is 1. The highest BCUT2D eigenvalue weighted by Gasteiger charge is 2.33. The minimum absolute atomic E-state index is 0.00168. The van der Waals surface area contributed by atoms with E-state index >= 15 is 0 Å². The maximum Gasteiger partial charge on any atom is 0.264 e. The number of carbonyl (C=O) groups is 2. The second-order valence-electron chi connectivity index (χ2n) is 9.17. The fourth-order valence-electron chi connectivity index (χ4n) is 4.12. The van der Waals surface area contributed by atoms with Gasteiger partial charge in [0.2, 0.25) is 11.8 Å². The Morgan fingerprint density at radius 2 is 1.54 bits per heavy atom. The van der Waals surface area contributed by atoms with Crippen LogP contribution in [-0.4, -0.2) is 44.3 Å². The minimum Gasteiger partial charge on any atom is -0.354 e. The number of hydrogen-bond donors (Lipinski definition) is 1. The van der Waals surface area contributed by atoms with Crippen molar-refractivity contribution in [1.29, 1.82) is 0 Å². The van der Waals surface area contributed by atoms with Gasteiger partial charge in [-0.2, -0.15) is 0 Å². The molecule has 0 aliphatic heterocycles. The van der Waals surface area contributed by atoms with Gasteiger partial charge in [0.05, 0.1) is 10.6 Å². The van der Waals surface area contributed by atoms with E-state index in [2.05, 4.69) is 5.32 Å². The Kier molecular flexibility index (Phi) is 10.8. The molecule has 0 fully saturated rings. The average molecular weight is 591 g/mol. The predicted octanol–water partition coefficient (Wildman–Crippen LogP) is 5.83. The van der Waals surface area contributed by atoms with Crippen LogP contribution < -0.4 is 9.62 Å². The van der Waals surface area contributed by atoms with Crippen LogP contribution in [0.5, 0.6) is 0 Å². The molecular formula is C29H33Cl2N3O4S. The highest BCUT2D eigenvalue weighted by atomic mass is 35.5. The third-order valence-corrected chi connectivity index (χ3v) is 8.46. The first-order valence-electron chi connectivity index (χ1n) is 12.7. The second kappa shape index (κ2) is 13.8. The van der Waals surface area contributed by atoms with Gasteiger partial charge in [-0.15, -0.1) is 0 Å². The van der Waals surface area contributed by atoms with Crippen molar-refractivity contribution in [1.82, 2.24) is 10.2 Å². The van der Waals surface area contributed by atoms with Crippen molar-refractivity contribution in [3.05, 3.63) is 94.0 Å². The van der Waals surface area contributed by atoms with Gasteiger partial charge in [-0.25, -0.2) is 8.42 Å². The summed E-state index contributed by atoms with van der Waals surface area (Å²) in [6, 6.07) is 18.9. The van der Waals surface area contributed by atoms with Crippen LogP contribution in [0.1, 0.15) is 37.8 Å². The zero-order valence-electron chi connectivity index (χ0n) is 22.2. The third-order valence-electron chi connectivity index (χ3n) is 6.17. The largest absolute Gasteiger partial charge is 0.354 e. The first-order chi connectivity index (χ1) is 18.6. The monoisotopic (exact) mass is 589 g/mol. The topological polar surface area (TPSA) is 86.8 Å². The Bertz CT molecular complexity index is 1380. The maximum absolute atomic E-state index is 14.0. The summed E-state index contributed by atoms with van der Waals surface area (Å²) in [5, 5.41) is 3.81. The molecule has 3 aromatic rings. The van der Waals surface area contributed by atoms with Crippen LogP contribution in [0.4, 0.5) is 5.69 Å². The van der Waals surface area contributed by atoms with Gasteiger partial charge in [0.1, 0.15) is 12.6 Å². The van der Waals surface area contributed by atoms with Gasteiger partial charge in [0, 0.05) is 23.1 Å². The number of nitrogens with one attached hydrogen (secondary N) is 1. The SMILES string of the molecule is CCCNC(=O)[C@H](CC)N(Cc1ccc(Cl)cc1)C(=O)CN(c1cccc(C)c1)S(=O)(=O)c1ccc(Cl)cc1. The Labute approximate surface area is 240 Å². The van der Waals surface area contributed by atoms with Gasteiger partial charge in [-0.3, -0.25) is 13.9 Å². The molecule has 0 spiro atoms. The van der Waals surface area contributed by atoms with Crippen molar-refractivity contribution in [2.75, 3.05) is 17.4 Å². The predicted molar refractivity (Wildman–Crippen MR) is 157 cm³/mol. The van der Waals surface area contributed by atoms with Crippen LogP contribution >= 0.6 is 23.2 Å². The number of sulfonamides is 1. The van der Waals surface area contributed by atoms with Crippen LogP contribution in [0.15, 0.2) is 77.7 Å². The number of benzene rings is 3. The van der Waals surface area contributed by atoms with Crippen LogP contribution in [-0.2, 0) is 26.2 Å². The molecule has 3 aromatic carbocycles. The fourth-order valence-corrected chi connectivity index (χ4v) is 5.78. The molecule has 3 rings (SSSR count). The molecule has 1 N–H and O–H groups in total. The summed E-state index contributed by atoms with van der Waals surface area (Å²) >= 11 is 12.0. The van der Waals surface area contributed by atoms with Gasteiger partial charge >= 0.3 is 0 Å². The molecule has 0 unspecified atom stereocenters. The smallest absolute Gasteiger partial charge is 0.264 e. The summed E-state index contributed by atoms with van der Waals surface area (Å²) < 4.78 is 28.8. The van der Waals surface area contributed by atoms with E-state index in [1.165, 1.54) is 29.2 Å². The van der Waals surface area contributed by atoms with Gasteiger partial charge in [0.25, 0.3) is 10.0 Å². The molecule has 39 heavy (non-hydrogen) atoms. The van der Waals surface area contributed by atoms with Crippen molar-refractivity contribution >= 4 is 50.7 Å². The average Bonchev–Trinajstić information content (AvgIpc) is 2.91. The van der Waals surface area contributed by atoms with Gasteiger partial charge in [0.15, 0.2) is 0 Å². The number of amides is 2. The summed E-state index contributed by atoms with van der Waals surface area (Å²) in [6.45, 7) is 5.69. The van der Waals surface area contributed by atoms with E-state index < -0.39 is 28.5 Å². The van der Waals surface area contributed by atoms with Crippen molar-refractivity contribution < 1.29 is 18.0 Å².